The molecule has 0 aliphatic heterocycles. The molecule has 0 unspecified atom stereocenters. The van der Waals surface area contributed by atoms with Gasteiger partial charge in [-0.3, -0.25) is 0 Å². The van der Waals surface area contributed by atoms with Crippen LogP contribution in [-0.2, 0) is 6.54 Å². The summed E-state index contributed by atoms with van der Waals surface area (Å²) in [4.78, 5) is 0. The van der Waals surface area contributed by atoms with Crippen LogP contribution < -0.4 is 10.1 Å². The minimum Gasteiger partial charge on any atom is -0.406 e. The molecule has 14 heavy (non-hydrogen) atoms. The van der Waals surface area contributed by atoms with Gasteiger partial charge in [0.2, 0.25) is 0 Å². The van der Waals surface area contributed by atoms with Gasteiger partial charge in [0.25, 0.3) is 0 Å². The van der Waals surface area contributed by atoms with Gasteiger partial charge in [0.05, 0.1) is 0 Å². The molecule has 1 rings (SSSR count). The van der Waals surface area contributed by atoms with E-state index < -0.39 is 6.36 Å². The number of ether oxygens (including phenoxy) is 1. The molecule has 0 aliphatic carbocycles. The van der Waals surface area contributed by atoms with Crippen LogP contribution >= 0.6 is 0 Å². The first kappa shape index (κ1) is 10.8. The van der Waals surface area contributed by atoms with E-state index in [1.807, 2.05) is 0 Å². The van der Waals surface area contributed by atoms with Crippen LogP contribution in [-0.4, -0.2) is 13.4 Å². The SMILES string of the molecule is C[N]Cc1ccc(OC(F)(F)F)cc1. The summed E-state index contributed by atoms with van der Waals surface area (Å²) < 4.78 is 39.0. The van der Waals surface area contributed by atoms with Crippen molar-refractivity contribution in [2.45, 2.75) is 12.9 Å². The second-order valence-electron chi connectivity index (χ2n) is 2.67. The number of hydrogen-bond donors (Lipinski definition) is 0. The normalized spacial score (nSPS) is 11.4. The van der Waals surface area contributed by atoms with Gasteiger partial charge in [0.1, 0.15) is 5.75 Å². The Labute approximate surface area is 79.7 Å². The second kappa shape index (κ2) is 4.32. The topological polar surface area (TPSA) is 23.3 Å². The number of halogens is 3. The summed E-state index contributed by atoms with van der Waals surface area (Å²) in [6.07, 6.45) is -4.63. The van der Waals surface area contributed by atoms with Gasteiger partial charge in [-0.05, 0) is 17.7 Å². The molecule has 0 aromatic heterocycles. The number of alkyl halides is 3. The molecule has 77 valence electrons. The van der Waals surface area contributed by atoms with Gasteiger partial charge in [-0.25, -0.2) is 5.32 Å². The van der Waals surface area contributed by atoms with Crippen LogP contribution in [0.1, 0.15) is 5.56 Å². The lowest BCUT2D eigenvalue weighted by atomic mass is 10.2. The Morgan fingerprint density at radius 2 is 1.79 bits per heavy atom. The van der Waals surface area contributed by atoms with E-state index in [-0.39, 0.29) is 5.75 Å². The first-order chi connectivity index (χ1) is 6.51. The van der Waals surface area contributed by atoms with Crippen molar-refractivity contribution in [2.75, 3.05) is 7.05 Å². The Hall–Kier alpha value is -1.23. The van der Waals surface area contributed by atoms with Crippen LogP contribution in [0.5, 0.6) is 5.75 Å². The monoisotopic (exact) mass is 204 g/mol. The van der Waals surface area contributed by atoms with Gasteiger partial charge in [0, 0.05) is 13.6 Å². The fourth-order valence-corrected chi connectivity index (χ4v) is 0.979. The molecule has 0 bridgehead atoms. The van der Waals surface area contributed by atoms with Crippen molar-refractivity contribution in [3.8, 4) is 5.75 Å². The van der Waals surface area contributed by atoms with Crippen molar-refractivity contribution >= 4 is 0 Å². The second-order valence-corrected chi connectivity index (χ2v) is 2.67. The third-order valence-corrected chi connectivity index (χ3v) is 1.50. The zero-order chi connectivity index (χ0) is 10.6. The van der Waals surface area contributed by atoms with Gasteiger partial charge < -0.3 is 4.74 Å². The van der Waals surface area contributed by atoms with Crippen LogP contribution in [0.15, 0.2) is 24.3 Å². The van der Waals surface area contributed by atoms with Crippen molar-refractivity contribution in [3.05, 3.63) is 29.8 Å². The number of hydrogen-bond acceptors (Lipinski definition) is 1. The molecule has 1 radical (unpaired) electrons. The summed E-state index contributed by atoms with van der Waals surface area (Å²) in [5.74, 6) is -0.211. The van der Waals surface area contributed by atoms with Gasteiger partial charge >= 0.3 is 6.36 Å². The van der Waals surface area contributed by atoms with Crippen LogP contribution in [0.3, 0.4) is 0 Å². The molecule has 0 aliphatic rings. The molecule has 0 amide bonds. The molecule has 0 N–H and O–H groups in total. The van der Waals surface area contributed by atoms with E-state index in [9.17, 15) is 13.2 Å². The van der Waals surface area contributed by atoms with Gasteiger partial charge in [0.15, 0.2) is 0 Å². The molecular formula is C9H9F3NO. The fraction of sp³-hybridized carbons (Fsp3) is 0.333. The lowest BCUT2D eigenvalue weighted by Gasteiger charge is -2.08. The third kappa shape index (κ3) is 3.66. The zero-order valence-electron chi connectivity index (χ0n) is 7.51. The summed E-state index contributed by atoms with van der Waals surface area (Å²) in [6, 6.07) is 5.64. The smallest absolute Gasteiger partial charge is 0.406 e. The quantitative estimate of drug-likeness (QED) is 0.741. The van der Waals surface area contributed by atoms with Crippen LogP contribution in [0.2, 0.25) is 0 Å². The Bertz CT molecular complexity index is 281. The van der Waals surface area contributed by atoms with Crippen molar-refractivity contribution in [3.63, 3.8) is 0 Å². The van der Waals surface area contributed by atoms with Crippen molar-refractivity contribution < 1.29 is 17.9 Å². The molecule has 0 saturated heterocycles. The standard InChI is InChI=1S/C9H9F3NO/c1-13-6-7-2-4-8(5-3-7)14-9(10,11)12/h2-5H,6H2,1H3. The molecular weight excluding hydrogens is 195 g/mol. The molecule has 1 aromatic rings. The van der Waals surface area contributed by atoms with Gasteiger partial charge in [-0.1, -0.05) is 12.1 Å². The predicted molar refractivity (Wildman–Crippen MR) is 44.9 cm³/mol. The number of benzene rings is 1. The van der Waals surface area contributed by atoms with E-state index in [1.165, 1.54) is 12.1 Å². The molecule has 0 spiro atoms. The molecule has 0 fully saturated rings. The summed E-state index contributed by atoms with van der Waals surface area (Å²) in [5.41, 5.74) is 0.849. The number of nitrogens with zero attached hydrogens (tertiary/aromatic N) is 1. The van der Waals surface area contributed by atoms with Crippen LogP contribution in [0.4, 0.5) is 13.2 Å². The van der Waals surface area contributed by atoms with E-state index in [2.05, 4.69) is 10.1 Å². The van der Waals surface area contributed by atoms with E-state index in [0.717, 1.165) is 5.56 Å². The summed E-state index contributed by atoms with van der Waals surface area (Å²) in [5, 5.41) is 3.85. The maximum atomic E-state index is 11.7. The average Bonchev–Trinajstić information content (AvgIpc) is 2.06. The Balaban J connectivity index is 2.64. The van der Waals surface area contributed by atoms with Crippen LogP contribution in [0, 0.1) is 0 Å². The average molecular weight is 204 g/mol. The summed E-state index contributed by atoms with van der Waals surface area (Å²) >= 11 is 0. The van der Waals surface area contributed by atoms with Crippen molar-refractivity contribution in [1.82, 2.24) is 5.32 Å². The van der Waals surface area contributed by atoms with E-state index in [0.29, 0.717) is 6.54 Å². The van der Waals surface area contributed by atoms with E-state index >= 15 is 0 Å². The van der Waals surface area contributed by atoms with Gasteiger partial charge in [-0.15, -0.1) is 13.2 Å². The molecule has 0 saturated carbocycles. The Morgan fingerprint density at radius 1 is 1.21 bits per heavy atom. The third-order valence-electron chi connectivity index (χ3n) is 1.50. The summed E-state index contributed by atoms with van der Waals surface area (Å²) in [6.45, 7) is 0.492. The fourth-order valence-electron chi connectivity index (χ4n) is 0.979. The minimum atomic E-state index is -4.63. The van der Waals surface area contributed by atoms with E-state index in [4.69, 9.17) is 0 Å². The highest BCUT2D eigenvalue weighted by Crippen LogP contribution is 2.22. The highest BCUT2D eigenvalue weighted by Gasteiger charge is 2.30. The highest BCUT2D eigenvalue weighted by molar-refractivity contribution is 5.27. The summed E-state index contributed by atoms with van der Waals surface area (Å²) in [7, 11) is 1.64. The maximum absolute atomic E-state index is 11.7. The lowest BCUT2D eigenvalue weighted by Crippen LogP contribution is -2.17. The molecule has 1 aromatic carbocycles. The van der Waals surface area contributed by atoms with Crippen molar-refractivity contribution in [1.29, 1.82) is 0 Å². The molecule has 0 atom stereocenters. The van der Waals surface area contributed by atoms with Crippen LogP contribution in [0.25, 0.3) is 0 Å². The molecule has 5 heteroatoms. The van der Waals surface area contributed by atoms with E-state index in [1.54, 1.807) is 19.2 Å². The zero-order valence-corrected chi connectivity index (χ0v) is 7.51. The first-order valence-electron chi connectivity index (χ1n) is 3.91. The van der Waals surface area contributed by atoms with Gasteiger partial charge in [-0.2, -0.15) is 0 Å². The molecule has 2 nitrogen and oxygen atoms in total. The van der Waals surface area contributed by atoms with Crippen molar-refractivity contribution in [2.24, 2.45) is 0 Å². The minimum absolute atomic E-state index is 0.211. The Morgan fingerprint density at radius 3 is 2.21 bits per heavy atom. The Kier molecular flexibility index (Phi) is 3.35. The lowest BCUT2D eigenvalue weighted by molar-refractivity contribution is -0.274. The predicted octanol–water partition coefficient (Wildman–Crippen LogP) is 2.32. The number of rotatable bonds is 3. The maximum Gasteiger partial charge on any atom is 0.573 e. The highest BCUT2D eigenvalue weighted by atomic mass is 19.4. The first-order valence-corrected chi connectivity index (χ1v) is 3.91. The largest absolute Gasteiger partial charge is 0.573 e. The molecule has 0 heterocycles.